The second-order valence-corrected chi connectivity index (χ2v) is 11.9. The zero-order valence-corrected chi connectivity index (χ0v) is 26.0. The van der Waals surface area contributed by atoms with Crippen molar-refractivity contribution in [2.45, 2.75) is 25.6 Å². The third-order valence-corrected chi connectivity index (χ3v) is 9.42. The van der Waals surface area contributed by atoms with Crippen LogP contribution >= 0.6 is 0 Å². The summed E-state index contributed by atoms with van der Waals surface area (Å²) in [6, 6.07) is 30.4. The average molecular weight is 622 g/mol. The number of fused-ring (bicyclic) bond motifs is 5. The van der Waals surface area contributed by atoms with Gasteiger partial charge in [-0.3, -0.25) is 9.80 Å². The van der Waals surface area contributed by atoms with Gasteiger partial charge in [-0.1, -0.05) is 60.7 Å². The largest absolute Gasteiger partial charge is 1.00 e. The molecule has 5 aromatic rings. The van der Waals surface area contributed by atoms with Crippen molar-refractivity contribution < 1.29 is 36.3 Å². The van der Waals surface area contributed by atoms with Gasteiger partial charge in [-0.25, -0.2) is 0 Å². The first-order valence-corrected chi connectivity index (χ1v) is 15.4. The topological polar surface area (TPSA) is 58.3 Å². The van der Waals surface area contributed by atoms with Gasteiger partial charge in [0.2, 0.25) is 12.5 Å². The molecule has 8 rings (SSSR count). The molecule has 0 spiro atoms. The van der Waals surface area contributed by atoms with Gasteiger partial charge in [0.25, 0.3) is 0 Å². The van der Waals surface area contributed by atoms with Gasteiger partial charge in [0.15, 0.2) is 35.7 Å². The Balaban J connectivity index is 0.00000325. The van der Waals surface area contributed by atoms with E-state index in [1.807, 2.05) is 6.07 Å². The third kappa shape index (κ3) is 5.35. The lowest BCUT2D eigenvalue weighted by Crippen LogP contribution is -3.00. The minimum absolute atomic E-state index is 0. The molecule has 8 heteroatoms. The number of pyridine rings is 1. The van der Waals surface area contributed by atoms with E-state index >= 15 is 0 Å². The van der Waals surface area contributed by atoms with Crippen molar-refractivity contribution >= 4 is 10.8 Å². The fraction of sp³-hybridized carbons (Fsp3) is 0.270. The lowest BCUT2D eigenvalue weighted by molar-refractivity contribution is -0.686. The van der Waals surface area contributed by atoms with Gasteiger partial charge in [0.1, 0.15) is 0 Å². The molecule has 1 N–H and O–H groups in total. The molecule has 0 bridgehead atoms. The van der Waals surface area contributed by atoms with Crippen molar-refractivity contribution in [1.82, 2.24) is 9.80 Å². The Morgan fingerprint density at radius 1 is 0.844 bits per heavy atom. The van der Waals surface area contributed by atoms with Crippen LogP contribution in [0.3, 0.4) is 0 Å². The quantitative estimate of drug-likeness (QED) is 0.295. The summed E-state index contributed by atoms with van der Waals surface area (Å²) in [6.07, 6.45) is 2.98. The lowest BCUT2D eigenvalue weighted by atomic mass is 9.93. The number of piperazine rings is 1. The van der Waals surface area contributed by atoms with E-state index in [9.17, 15) is 5.11 Å². The van der Waals surface area contributed by atoms with E-state index in [2.05, 4.69) is 99.4 Å². The van der Waals surface area contributed by atoms with Crippen molar-refractivity contribution in [1.29, 1.82) is 0 Å². The summed E-state index contributed by atoms with van der Waals surface area (Å²) in [6.45, 7) is 5.70. The van der Waals surface area contributed by atoms with Gasteiger partial charge in [0, 0.05) is 50.6 Å². The molecule has 1 aromatic heterocycles. The Kier molecular flexibility index (Phi) is 8.00. The highest BCUT2D eigenvalue weighted by atomic mass is 35.5. The van der Waals surface area contributed by atoms with Crippen molar-refractivity contribution in [2.75, 3.05) is 40.1 Å². The predicted molar refractivity (Wildman–Crippen MR) is 169 cm³/mol. The van der Waals surface area contributed by atoms with E-state index < -0.39 is 0 Å². The fourth-order valence-electron chi connectivity index (χ4n) is 7.16. The summed E-state index contributed by atoms with van der Waals surface area (Å²) in [5.74, 6) is 2.31. The Hall–Kier alpha value is -4.30. The Morgan fingerprint density at radius 2 is 1.51 bits per heavy atom. The first kappa shape index (κ1) is 29.4. The molecule has 45 heavy (non-hydrogen) atoms. The molecule has 230 valence electrons. The molecular formula is C37H36ClN3O4. The fourth-order valence-corrected chi connectivity index (χ4v) is 7.16. The van der Waals surface area contributed by atoms with Crippen molar-refractivity contribution in [3.63, 3.8) is 0 Å². The van der Waals surface area contributed by atoms with E-state index in [4.69, 9.17) is 14.2 Å². The number of rotatable bonds is 6. The van der Waals surface area contributed by atoms with Crippen LogP contribution in [0.4, 0.5) is 0 Å². The summed E-state index contributed by atoms with van der Waals surface area (Å²) in [5, 5.41) is 13.1. The third-order valence-electron chi connectivity index (χ3n) is 9.42. The van der Waals surface area contributed by atoms with Crippen molar-refractivity contribution in [2.24, 2.45) is 0 Å². The highest BCUT2D eigenvalue weighted by Gasteiger charge is 2.31. The molecule has 3 aliphatic heterocycles. The normalized spacial score (nSPS) is 15.9. The molecule has 0 amide bonds. The molecule has 3 aliphatic rings. The Bertz CT molecular complexity index is 1800. The van der Waals surface area contributed by atoms with Crippen LogP contribution in [0.5, 0.6) is 23.0 Å². The number of halogens is 1. The number of phenols is 1. The number of hydrogen-bond acceptors (Lipinski definition) is 6. The van der Waals surface area contributed by atoms with Crippen LogP contribution in [0, 0.1) is 0 Å². The van der Waals surface area contributed by atoms with Gasteiger partial charge >= 0.3 is 0 Å². The maximum absolute atomic E-state index is 11.2. The molecule has 0 atom stereocenters. The lowest BCUT2D eigenvalue weighted by Gasteiger charge is -2.40. The summed E-state index contributed by atoms with van der Waals surface area (Å²) in [4.78, 5) is 5.12. The molecule has 0 saturated carbocycles. The standard InChI is InChI=1S/C37H35N3O4.ClH/c1-42-35-19-28(22-38-14-16-39(17-15-38)36(25-8-4-2-5-9-25)26-10-6-3-7-11-26)29-20-32-30-21-34-33(43-24-44-34)18-27(30)12-13-40(32)23-31(29)37(35)41;/h2-11,18-21,23,36H,12-17,22,24H2,1H3;1H. The van der Waals surface area contributed by atoms with Gasteiger partial charge in [-0.05, 0) is 40.5 Å². The highest BCUT2D eigenvalue weighted by Crippen LogP contribution is 2.42. The van der Waals surface area contributed by atoms with Crippen molar-refractivity contribution in [3.8, 4) is 34.3 Å². The number of ether oxygens (including phenoxy) is 3. The summed E-state index contributed by atoms with van der Waals surface area (Å²) in [7, 11) is 1.63. The van der Waals surface area contributed by atoms with Gasteiger partial charge in [0.05, 0.1) is 24.1 Å². The Labute approximate surface area is 269 Å². The van der Waals surface area contributed by atoms with Crippen molar-refractivity contribution in [3.05, 3.63) is 113 Å². The number of methoxy groups -OCH3 is 1. The monoisotopic (exact) mass is 621 g/mol. The van der Waals surface area contributed by atoms with Gasteiger partial charge < -0.3 is 31.7 Å². The molecule has 1 saturated heterocycles. The molecule has 7 nitrogen and oxygen atoms in total. The van der Waals surface area contributed by atoms with Crippen LogP contribution in [0.15, 0.2) is 91.1 Å². The second-order valence-electron chi connectivity index (χ2n) is 11.9. The molecule has 0 unspecified atom stereocenters. The average Bonchev–Trinajstić information content (AvgIpc) is 3.54. The maximum Gasteiger partial charge on any atom is 0.231 e. The first-order valence-electron chi connectivity index (χ1n) is 15.4. The molecule has 0 radical (unpaired) electrons. The minimum Gasteiger partial charge on any atom is -1.00 e. The number of nitrogens with zero attached hydrogens (tertiary/aromatic N) is 3. The number of aromatic nitrogens is 1. The molecule has 1 fully saturated rings. The number of hydrogen-bond donors (Lipinski definition) is 1. The number of benzene rings is 4. The zero-order chi connectivity index (χ0) is 29.6. The van der Waals surface area contributed by atoms with Crippen LogP contribution in [0.1, 0.15) is 28.3 Å². The van der Waals surface area contributed by atoms with Gasteiger partial charge in [-0.15, -0.1) is 0 Å². The van der Waals surface area contributed by atoms with E-state index in [-0.39, 0.29) is 31.0 Å². The predicted octanol–water partition coefficient (Wildman–Crippen LogP) is 2.70. The van der Waals surface area contributed by atoms with Crippen LogP contribution in [-0.4, -0.2) is 55.0 Å². The number of aryl methyl sites for hydroxylation is 2. The minimum atomic E-state index is 0. The zero-order valence-electron chi connectivity index (χ0n) is 25.3. The van der Waals surface area contributed by atoms with E-state index in [1.54, 1.807) is 7.11 Å². The summed E-state index contributed by atoms with van der Waals surface area (Å²) < 4.78 is 19.3. The van der Waals surface area contributed by atoms with Crippen LogP contribution in [0.2, 0.25) is 0 Å². The van der Waals surface area contributed by atoms with Crippen LogP contribution in [-0.2, 0) is 19.5 Å². The number of aromatic hydroxyl groups is 1. The summed E-state index contributed by atoms with van der Waals surface area (Å²) in [5.41, 5.74) is 7.35. The molecule has 4 aromatic carbocycles. The highest BCUT2D eigenvalue weighted by molar-refractivity contribution is 5.94. The van der Waals surface area contributed by atoms with E-state index in [1.165, 1.54) is 16.7 Å². The molecular weight excluding hydrogens is 586 g/mol. The second kappa shape index (κ2) is 12.2. The SMILES string of the molecule is COc1cc(CN2CCN(C(c3ccccc3)c3ccccc3)CC2)c2cc3[n+](cc2c1O)CCc1cc2c(cc1-3)OCO2.[Cl-]. The smallest absolute Gasteiger partial charge is 0.231 e. The van der Waals surface area contributed by atoms with Gasteiger partial charge in [-0.2, -0.15) is 4.57 Å². The number of phenolic OH excluding ortho intramolecular Hbond substituents is 1. The molecule has 0 aliphatic carbocycles. The first-order chi connectivity index (χ1) is 21.7. The molecule has 4 heterocycles. The van der Waals surface area contributed by atoms with E-state index in [0.29, 0.717) is 5.75 Å². The van der Waals surface area contributed by atoms with Crippen LogP contribution < -0.4 is 31.2 Å². The summed E-state index contributed by atoms with van der Waals surface area (Å²) >= 11 is 0. The maximum atomic E-state index is 11.2. The Morgan fingerprint density at radius 3 is 2.18 bits per heavy atom. The van der Waals surface area contributed by atoms with Crippen LogP contribution in [0.25, 0.3) is 22.0 Å². The van der Waals surface area contributed by atoms with E-state index in [0.717, 1.165) is 84.8 Å².